The Hall–Kier alpha value is -0.690. The van der Waals surface area contributed by atoms with Crippen LogP contribution in [0, 0.1) is 0 Å². The van der Waals surface area contributed by atoms with Crippen molar-refractivity contribution in [2.45, 2.75) is 26.2 Å². The molecule has 0 amide bonds. The number of anilines is 1. The molecule has 1 unspecified atom stereocenters. The number of hydrogen-bond acceptors (Lipinski definition) is 1. The van der Waals surface area contributed by atoms with E-state index in [1.54, 1.807) is 0 Å². The molecular weight excluding hydrogens is 194 g/mol. The molecule has 2 heteroatoms. The van der Waals surface area contributed by atoms with Crippen molar-refractivity contribution in [1.82, 2.24) is 0 Å². The lowest BCUT2D eigenvalue weighted by Crippen LogP contribution is -2.08. The molecule has 14 heavy (non-hydrogen) atoms. The summed E-state index contributed by atoms with van der Waals surface area (Å²) in [5, 5.41) is 0. The Morgan fingerprint density at radius 1 is 1.14 bits per heavy atom. The van der Waals surface area contributed by atoms with Gasteiger partial charge in [0.05, 0.1) is 0 Å². The average Bonchev–Trinajstić information content (AvgIpc) is 2.17. The molecule has 0 aliphatic heterocycles. The van der Waals surface area contributed by atoms with Gasteiger partial charge in [-0.25, -0.2) is 0 Å². The molecule has 0 spiro atoms. The van der Waals surface area contributed by atoms with Crippen molar-refractivity contribution >= 4 is 18.1 Å². The summed E-state index contributed by atoms with van der Waals surface area (Å²) in [6, 6.07) is 8.82. The van der Waals surface area contributed by atoms with Crippen LogP contribution >= 0.6 is 12.4 Å². The van der Waals surface area contributed by atoms with Gasteiger partial charge >= 0.3 is 0 Å². The summed E-state index contributed by atoms with van der Waals surface area (Å²) >= 11 is 0. The second-order valence-electron chi connectivity index (χ2n) is 3.80. The van der Waals surface area contributed by atoms with E-state index in [1.807, 2.05) is 0 Å². The van der Waals surface area contributed by atoms with Gasteiger partial charge in [0.15, 0.2) is 0 Å². The first kappa shape index (κ1) is 13.3. The number of benzene rings is 1. The van der Waals surface area contributed by atoms with Crippen LogP contribution in [0.3, 0.4) is 0 Å². The van der Waals surface area contributed by atoms with Crippen LogP contribution in [-0.2, 0) is 0 Å². The van der Waals surface area contributed by atoms with E-state index >= 15 is 0 Å². The number of halogens is 1. The highest BCUT2D eigenvalue weighted by Gasteiger charge is 2.02. The second kappa shape index (κ2) is 5.92. The van der Waals surface area contributed by atoms with Crippen LogP contribution in [0.2, 0.25) is 0 Å². The van der Waals surface area contributed by atoms with Gasteiger partial charge < -0.3 is 4.90 Å². The quantitative estimate of drug-likeness (QED) is 0.741. The maximum Gasteiger partial charge on any atom is 0.0361 e. The zero-order chi connectivity index (χ0) is 9.84. The largest absolute Gasteiger partial charge is 0.378 e. The van der Waals surface area contributed by atoms with Crippen LogP contribution in [0.25, 0.3) is 0 Å². The Bertz CT molecular complexity index is 254. The molecule has 0 aliphatic rings. The minimum atomic E-state index is 0. The van der Waals surface area contributed by atoms with Crippen LogP contribution in [0.4, 0.5) is 5.69 Å². The lowest BCUT2D eigenvalue weighted by Gasteiger charge is -2.14. The Kier molecular flexibility index (Phi) is 5.63. The summed E-state index contributed by atoms with van der Waals surface area (Å²) in [4.78, 5) is 2.13. The van der Waals surface area contributed by atoms with Gasteiger partial charge in [0.1, 0.15) is 0 Å². The maximum atomic E-state index is 2.27. The molecule has 0 aliphatic carbocycles. The van der Waals surface area contributed by atoms with Crippen LogP contribution < -0.4 is 4.90 Å². The minimum absolute atomic E-state index is 0. The summed E-state index contributed by atoms with van der Waals surface area (Å²) < 4.78 is 0. The van der Waals surface area contributed by atoms with Gasteiger partial charge in [-0.05, 0) is 30.0 Å². The first-order valence-corrected chi connectivity index (χ1v) is 4.92. The van der Waals surface area contributed by atoms with Gasteiger partial charge in [-0.1, -0.05) is 26.0 Å². The zero-order valence-electron chi connectivity index (χ0n) is 9.45. The molecule has 0 saturated carbocycles. The fourth-order valence-electron chi connectivity index (χ4n) is 1.34. The summed E-state index contributed by atoms with van der Waals surface area (Å²) in [7, 11) is 4.14. The van der Waals surface area contributed by atoms with Crippen molar-refractivity contribution in [2.24, 2.45) is 0 Å². The minimum Gasteiger partial charge on any atom is -0.378 e. The first-order chi connectivity index (χ1) is 6.15. The monoisotopic (exact) mass is 213 g/mol. The molecule has 1 nitrogen and oxygen atoms in total. The van der Waals surface area contributed by atoms with Crippen molar-refractivity contribution in [3.8, 4) is 0 Å². The molecule has 0 N–H and O–H groups in total. The normalized spacial score (nSPS) is 11.7. The highest BCUT2D eigenvalue weighted by molar-refractivity contribution is 5.85. The van der Waals surface area contributed by atoms with Gasteiger partial charge in [0.2, 0.25) is 0 Å². The van der Waals surface area contributed by atoms with Gasteiger partial charge in [-0.3, -0.25) is 0 Å². The zero-order valence-corrected chi connectivity index (χ0v) is 10.3. The molecule has 0 saturated heterocycles. The molecule has 1 atom stereocenters. The molecule has 1 rings (SSSR count). The van der Waals surface area contributed by atoms with Gasteiger partial charge in [0, 0.05) is 19.8 Å². The third-order valence-corrected chi connectivity index (χ3v) is 2.59. The summed E-state index contributed by atoms with van der Waals surface area (Å²) in [6.45, 7) is 4.50. The van der Waals surface area contributed by atoms with Gasteiger partial charge in [0.25, 0.3) is 0 Å². The predicted octanol–water partition coefficient (Wildman–Crippen LogP) is 3.69. The Morgan fingerprint density at radius 2 is 1.64 bits per heavy atom. The van der Waals surface area contributed by atoms with E-state index in [0.29, 0.717) is 5.92 Å². The van der Waals surface area contributed by atoms with Crippen molar-refractivity contribution < 1.29 is 0 Å². The molecule has 0 aromatic heterocycles. The van der Waals surface area contributed by atoms with E-state index < -0.39 is 0 Å². The highest BCUT2D eigenvalue weighted by Crippen LogP contribution is 2.21. The van der Waals surface area contributed by atoms with E-state index in [2.05, 4.69) is 57.1 Å². The molecule has 0 radical (unpaired) electrons. The standard InChI is InChI=1S/C12H19N.ClH/c1-5-10(2)11-6-8-12(9-7-11)13(3)4;/h6-10H,5H2,1-4H3;1H. The van der Waals surface area contributed by atoms with Crippen molar-refractivity contribution in [1.29, 1.82) is 0 Å². The molecule has 0 bridgehead atoms. The SMILES string of the molecule is CCC(C)c1ccc(N(C)C)cc1.Cl. The molecule has 0 heterocycles. The van der Waals surface area contributed by atoms with Gasteiger partial charge in [-0.15, -0.1) is 12.4 Å². The third-order valence-electron chi connectivity index (χ3n) is 2.59. The molecule has 1 aromatic rings. The predicted molar refractivity (Wildman–Crippen MR) is 66.7 cm³/mol. The lowest BCUT2D eigenvalue weighted by atomic mass is 9.98. The Balaban J connectivity index is 0.00000169. The van der Waals surface area contributed by atoms with E-state index in [9.17, 15) is 0 Å². The topological polar surface area (TPSA) is 3.24 Å². The maximum absolute atomic E-state index is 2.27. The molecule has 80 valence electrons. The number of nitrogens with zero attached hydrogens (tertiary/aromatic N) is 1. The van der Waals surface area contributed by atoms with E-state index in [1.165, 1.54) is 17.7 Å². The van der Waals surface area contributed by atoms with E-state index in [4.69, 9.17) is 0 Å². The summed E-state index contributed by atoms with van der Waals surface area (Å²) in [5.41, 5.74) is 2.71. The molecule has 1 aromatic carbocycles. The Morgan fingerprint density at radius 3 is 2.00 bits per heavy atom. The highest BCUT2D eigenvalue weighted by atomic mass is 35.5. The van der Waals surface area contributed by atoms with E-state index in [0.717, 1.165) is 0 Å². The van der Waals surface area contributed by atoms with Crippen molar-refractivity contribution in [2.75, 3.05) is 19.0 Å². The van der Waals surface area contributed by atoms with Gasteiger partial charge in [-0.2, -0.15) is 0 Å². The third kappa shape index (κ3) is 3.22. The van der Waals surface area contributed by atoms with Crippen LogP contribution in [0.1, 0.15) is 31.7 Å². The average molecular weight is 214 g/mol. The molecular formula is C12H20ClN. The Labute approximate surface area is 93.5 Å². The second-order valence-corrected chi connectivity index (χ2v) is 3.80. The fraction of sp³-hybridized carbons (Fsp3) is 0.500. The van der Waals surface area contributed by atoms with Crippen molar-refractivity contribution in [3.05, 3.63) is 29.8 Å². The van der Waals surface area contributed by atoms with Crippen LogP contribution in [-0.4, -0.2) is 14.1 Å². The fourth-order valence-corrected chi connectivity index (χ4v) is 1.34. The lowest BCUT2D eigenvalue weighted by molar-refractivity contribution is 0.733. The van der Waals surface area contributed by atoms with Crippen molar-refractivity contribution in [3.63, 3.8) is 0 Å². The van der Waals surface area contributed by atoms with E-state index in [-0.39, 0.29) is 12.4 Å². The summed E-state index contributed by atoms with van der Waals surface area (Å²) in [6.07, 6.45) is 1.21. The smallest absolute Gasteiger partial charge is 0.0361 e. The first-order valence-electron chi connectivity index (χ1n) is 4.92. The molecule has 0 fully saturated rings. The summed E-state index contributed by atoms with van der Waals surface area (Å²) in [5.74, 6) is 0.677. The number of hydrogen-bond donors (Lipinski definition) is 0. The van der Waals surface area contributed by atoms with Crippen LogP contribution in [0.5, 0.6) is 0 Å². The number of rotatable bonds is 3. The van der Waals surface area contributed by atoms with Crippen LogP contribution in [0.15, 0.2) is 24.3 Å².